The van der Waals surface area contributed by atoms with Crippen molar-refractivity contribution in [2.45, 2.75) is 37.8 Å². The number of hydrogen-bond donors (Lipinski definition) is 1. The zero-order valence-corrected chi connectivity index (χ0v) is 15.8. The Labute approximate surface area is 163 Å². The van der Waals surface area contributed by atoms with Gasteiger partial charge in [-0.3, -0.25) is 9.69 Å². The molecule has 2 aliphatic rings. The molecule has 0 radical (unpaired) electrons. The Bertz CT molecular complexity index is 956. The number of likely N-dealkylation sites (tertiary alicyclic amines) is 2. The lowest BCUT2D eigenvalue weighted by Crippen LogP contribution is -2.46. The summed E-state index contributed by atoms with van der Waals surface area (Å²) in [5.74, 6) is 0.0575. The van der Waals surface area contributed by atoms with Gasteiger partial charge in [-0.2, -0.15) is 5.26 Å². The largest absolute Gasteiger partial charge is 0.423 e. The standard InChI is InChI=1S/C21H24N4O3/c22-13-16-4-3-9-25(16)20(26)14-24-10-7-15(8-11-24)23-18-12-21(27)28-19-6-2-1-5-17(18)19/h1-2,5-6,12,15-16,23H,3-4,7-11,14H2. The molecular formula is C21H24N4O3. The number of rotatable bonds is 4. The van der Waals surface area contributed by atoms with E-state index in [0.29, 0.717) is 18.7 Å². The molecule has 0 saturated carbocycles. The molecule has 2 aromatic rings. The van der Waals surface area contributed by atoms with E-state index >= 15 is 0 Å². The van der Waals surface area contributed by atoms with Crippen LogP contribution in [0.15, 0.2) is 39.5 Å². The lowest BCUT2D eigenvalue weighted by atomic mass is 10.0. The van der Waals surface area contributed by atoms with Crippen molar-refractivity contribution in [3.8, 4) is 6.07 Å². The molecule has 1 amide bonds. The van der Waals surface area contributed by atoms with Gasteiger partial charge in [0.15, 0.2) is 0 Å². The van der Waals surface area contributed by atoms with Crippen LogP contribution < -0.4 is 10.9 Å². The first kappa shape index (κ1) is 18.5. The van der Waals surface area contributed by atoms with Crippen LogP contribution in [0.25, 0.3) is 11.0 Å². The molecule has 2 aliphatic heterocycles. The molecule has 7 heteroatoms. The summed E-state index contributed by atoms with van der Waals surface area (Å²) in [6.07, 6.45) is 3.48. The van der Waals surface area contributed by atoms with Crippen LogP contribution >= 0.6 is 0 Å². The normalized spacial score (nSPS) is 21.0. The predicted octanol–water partition coefficient (Wildman–Crippen LogP) is 2.18. The molecule has 2 fully saturated rings. The van der Waals surface area contributed by atoms with Crippen molar-refractivity contribution in [3.63, 3.8) is 0 Å². The minimum Gasteiger partial charge on any atom is -0.423 e. The molecule has 2 saturated heterocycles. The molecule has 1 unspecified atom stereocenters. The van der Waals surface area contributed by atoms with Crippen molar-refractivity contribution in [1.82, 2.24) is 9.80 Å². The number of nitrogens with one attached hydrogen (secondary N) is 1. The average molecular weight is 380 g/mol. The zero-order valence-electron chi connectivity index (χ0n) is 15.8. The lowest BCUT2D eigenvalue weighted by molar-refractivity contribution is -0.132. The number of amides is 1. The summed E-state index contributed by atoms with van der Waals surface area (Å²) in [7, 11) is 0. The monoisotopic (exact) mass is 380 g/mol. The van der Waals surface area contributed by atoms with Crippen molar-refractivity contribution in [2.24, 2.45) is 0 Å². The molecular weight excluding hydrogens is 356 g/mol. The van der Waals surface area contributed by atoms with Crippen molar-refractivity contribution < 1.29 is 9.21 Å². The first-order valence-corrected chi connectivity index (χ1v) is 9.85. The highest BCUT2D eigenvalue weighted by atomic mass is 16.4. The van der Waals surface area contributed by atoms with E-state index in [1.165, 1.54) is 6.07 Å². The highest BCUT2D eigenvalue weighted by Gasteiger charge is 2.30. The summed E-state index contributed by atoms with van der Waals surface area (Å²) >= 11 is 0. The van der Waals surface area contributed by atoms with Gasteiger partial charge in [0.2, 0.25) is 5.91 Å². The van der Waals surface area contributed by atoms with Gasteiger partial charge in [-0.1, -0.05) is 12.1 Å². The van der Waals surface area contributed by atoms with Crippen LogP contribution in [-0.4, -0.2) is 54.0 Å². The van der Waals surface area contributed by atoms with E-state index in [1.807, 2.05) is 18.2 Å². The molecule has 1 N–H and O–H groups in total. The smallest absolute Gasteiger partial charge is 0.338 e. The zero-order chi connectivity index (χ0) is 19.5. The quantitative estimate of drug-likeness (QED) is 0.818. The van der Waals surface area contributed by atoms with Gasteiger partial charge >= 0.3 is 5.63 Å². The van der Waals surface area contributed by atoms with E-state index in [0.717, 1.165) is 49.8 Å². The highest BCUT2D eigenvalue weighted by molar-refractivity contribution is 5.89. The number of carbonyl (C=O) groups is 1. The number of piperidine rings is 1. The van der Waals surface area contributed by atoms with Crippen LogP contribution in [0.4, 0.5) is 5.69 Å². The van der Waals surface area contributed by atoms with E-state index in [1.54, 1.807) is 11.0 Å². The van der Waals surface area contributed by atoms with Crippen molar-refractivity contribution in [1.29, 1.82) is 5.26 Å². The second-order valence-electron chi connectivity index (χ2n) is 7.54. The van der Waals surface area contributed by atoms with Gasteiger partial charge in [-0.05, 0) is 37.8 Å². The number of fused-ring (bicyclic) bond motifs is 1. The molecule has 28 heavy (non-hydrogen) atoms. The van der Waals surface area contributed by atoms with Crippen LogP contribution in [0, 0.1) is 11.3 Å². The first-order chi connectivity index (χ1) is 13.6. The third kappa shape index (κ3) is 3.87. The summed E-state index contributed by atoms with van der Waals surface area (Å²) < 4.78 is 5.25. The van der Waals surface area contributed by atoms with Crippen molar-refractivity contribution in [2.75, 3.05) is 31.5 Å². The Balaban J connectivity index is 1.34. The van der Waals surface area contributed by atoms with Gasteiger partial charge in [0.1, 0.15) is 11.6 Å². The van der Waals surface area contributed by atoms with Crippen LogP contribution in [0.3, 0.4) is 0 Å². The molecule has 3 heterocycles. The highest BCUT2D eigenvalue weighted by Crippen LogP contribution is 2.24. The van der Waals surface area contributed by atoms with Crippen LogP contribution in [0.2, 0.25) is 0 Å². The second-order valence-corrected chi connectivity index (χ2v) is 7.54. The molecule has 0 bridgehead atoms. The molecule has 0 spiro atoms. The third-order valence-corrected chi connectivity index (χ3v) is 5.68. The first-order valence-electron chi connectivity index (χ1n) is 9.85. The van der Waals surface area contributed by atoms with Crippen molar-refractivity contribution in [3.05, 3.63) is 40.8 Å². The predicted molar refractivity (Wildman–Crippen MR) is 106 cm³/mol. The van der Waals surface area contributed by atoms with E-state index in [-0.39, 0.29) is 23.6 Å². The van der Waals surface area contributed by atoms with Crippen LogP contribution in [0.5, 0.6) is 0 Å². The summed E-state index contributed by atoms with van der Waals surface area (Å²) in [6.45, 7) is 2.70. The minimum absolute atomic E-state index is 0.0575. The van der Waals surface area contributed by atoms with E-state index in [9.17, 15) is 9.59 Å². The molecule has 1 atom stereocenters. The van der Waals surface area contributed by atoms with Gasteiger partial charge in [-0.15, -0.1) is 0 Å². The van der Waals surface area contributed by atoms with E-state index < -0.39 is 0 Å². The topological polar surface area (TPSA) is 89.6 Å². The fourth-order valence-corrected chi connectivity index (χ4v) is 4.17. The number of para-hydroxylation sites is 1. The SMILES string of the molecule is N#CC1CCCN1C(=O)CN1CCC(Nc2cc(=O)oc3ccccc23)CC1. The lowest BCUT2D eigenvalue weighted by Gasteiger charge is -2.33. The molecule has 0 aliphatic carbocycles. The Morgan fingerprint density at radius 1 is 1.21 bits per heavy atom. The number of nitrogens with zero attached hydrogens (tertiary/aromatic N) is 3. The number of carbonyl (C=O) groups excluding carboxylic acids is 1. The number of benzene rings is 1. The Kier molecular flexibility index (Phi) is 5.31. The van der Waals surface area contributed by atoms with E-state index in [4.69, 9.17) is 9.68 Å². The summed E-state index contributed by atoms with van der Waals surface area (Å²) in [6, 6.07) is 11.2. The summed E-state index contributed by atoms with van der Waals surface area (Å²) in [4.78, 5) is 28.2. The van der Waals surface area contributed by atoms with Gasteiger partial charge in [0.05, 0.1) is 18.3 Å². The Morgan fingerprint density at radius 3 is 2.79 bits per heavy atom. The van der Waals surface area contributed by atoms with Gasteiger partial charge in [-0.25, -0.2) is 4.79 Å². The number of anilines is 1. The number of hydrogen-bond acceptors (Lipinski definition) is 6. The number of nitriles is 1. The Hall–Kier alpha value is -2.85. The average Bonchev–Trinajstić information content (AvgIpc) is 3.18. The summed E-state index contributed by atoms with van der Waals surface area (Å²) in [5.41, 5.74) is 1.02. The van der Waals surface area contributed by atoms with Gasteiger partial charge in [0.25, 0.3) is 0 Å². The van der Waals surface area contributed by atoms with Gasteiger partial charge < -0.3 is 14.6 Å². The van der Waals surface area contributed by atoms with Crippen LogP contribution in [-0.2, 0) is 4.79 Å². The molecule has 1 aromatic heterocycles. The fraction of sp³-hybridized carbons (Fsp3) is 0.476. The minimum atomic E-state index is -0.359. The molecule has 7 nitrogen and oxygen atoms in total. The third-order valence-electron chi connectivity index (χ3n) is 5.68. The maximum absolute atomic E-state index is 12.5. The summed E-state index contributed by atoms with van der Waals surface area (Å²) in [5, 5.41) is 13.6. The van der Waals surface area contributed by atoms with Gasteiger partial charge in [0, 0.05) is 37.1 Å². The molecule has 1 aromatic carbocycles. The van der Waals surface area contributed by atoms with E-state index in [2.05, 4.69) is 16.3 Å². The maximum atomic E-state index is 12.5. The second kappa shape index (κ2) is 8.03. The molecule has 146 valence electrons. The van der Waals surface area contributed by atoms with Crippen molar-refractivity contribution >= 4 is 22.6 Å². The van der Waals surface area contributed by atoms with Crippen LogP contribution in [0.1, 0.15) is 25.7 Å². The fourth-order valence-electron chi connectivity index (χ4n) is 4.17. The maximum Gasteiger partial charge on any atom is 0.338 e. The Morgan fingerprint density at radius 2 is 2.00 bits per heavy atom. The molecule has 4 rings (SSSR count).